The van der Waals surface area contributed by atoms with Gasteiger partial charge in [-0.25, -0.2) is 4.39 Å². The van der Waals surface area contributed by atoms with Gasteiger partial charge in [-0.15, -0.1) is 0 Å². The molecule has 0 aliphatic carbocycles. The van der Waals surface area contributed by atoms with E-state index in [-0.39, 0.29) is 30.1 Å². The highest BCUT2D eigenvalue weighted by Gasteiger charge is 2.27. The van der Waals surface area contributed by atoms with Crippen LogP contribution in [0, 0.1) is 5.82 Å². The summed E-state index contributed by atoms with van der Waals surface area (Å²) in [5.41, 5.74) is -3.60. The molecule has 0 aliphatic heterocycles. The predicted molar refractivity (Wildman–Crippen MR) is 59.1 cm³/mol. The second-order valence-corrected chi connectivity index (χ2v) is 4.53. The maximum Gasteiger partial charge on any atom is 0.441 e. The Morgan fingerprint density at radius 2 is 2.12 bits per heavy atom. The van der Waals surface area contributed by atoms with Crippen molar-refractivity contribution < 1.29 is 17.6 Å². The molecule has 0 aliphatic rings. The molecule has 1 unspecified atom stereocenters. The Kier molecular flexibility index (Phi) is 5.20. The van der Waals surface area contributed by atoms with Gasteiger partial charge in [0.05, 0.1) is 11.9 Å². The van der Waals surface area contributed by atoms with E-state index in [0.717, 1.165) is 6.20 Å². The Morgan fingerprint density at radius 1 is 1.41 bits per heavy atom. The van der Waals surface area contributed by atoms with Gasteiger partial charge in [0.2, 0.25) is 0 Å². The monoisotopic (exact) mass is 268 g/mol. The van der Waals surface area contributed by atoms with Crippen LogP contribution in [0.3, 0.4) is 0 Å². The molecular formula is C10H12F4N2S. The number of hydrogen-bond donors (Lipinski definition) is 1. The first-order valence-electron chi connectivity index (χ1n) is 4.94. The highest BCUT2D eigenvalue weighted by molar-refractivity contribution is 8.00. The third kappa shape index (κ3) is 5.88. The predicted octanol–water partition coefficient (Wildman–Crippen LogP) is 3.12. The van der Waals surface area contributed by atoms with Crippen LogP contribution in [-0.4, -0.2) is 22.8 Å². The third-order valence-electron chi connectivity index (χ3n) is 2.01. The Bertz CT molecular complexity index is 339. The molecule has 1 aromatic rings. The van der Waals surface area contributed by atoms with Crippen molar-refractivity contribution in [1.29, 1.82) is 0 Å². The average Bonchev–Trinajstić information content (AvgIpc) is 2.24. The summed E-state index contributed by atoms with van der Waals surface area (Å²) >= 11 is -0.0697. The van der Waals surface area contributed by atoms with Crippen LogP contribution in [0.4, 0.5) is 17.6 Å². The number of nitrogens with zero attached hydrogens (tertiary/aromatic N) is 1. The normalized spacial score (nSPS) is 13.7. The number of hydrogen-bond acceptors (Lipinski definition) is 3. The highest BCUT2D eigenvalue weighted by Crippen LogP contribution is 2.29. The molecule has 96 valence electrons. The number of aromatic nitrogens is 1. The lowest BCUT2D eigenvalue weighted by atomic mass is 10.2. The summed E-state index contributed by atoms with van der Waals surface area (Å²) in [5, 5.41) is 2.89. The first-order chi connectivity index (χ1) is 7.88. The number of nitrogens with one attached hydrogen (secondary N) is 1. The molecule has 0 spiro atoms. The van der Waals surface area contributed by atoms with Gasteiger partial charge in [0, 0.05) is 18.3 Å². The zero-order valence-corrected chi connectivity index (χ0v) is 9.91. The van der Waals surface area contributed by atoms with Gasteiger partial charge in [0.25, 0.3) is 0 Å². The minimum absolute atomic E-state index is 0.0605. The topological polar surface area (TPSA) is 24.9 Å². The summed E-state index contributed by atoms with van der Waals surface area (Å²) in [6.07, 6.45) is 1.08. The van der Waals surface area contributed by atoms with E-state index in [2.05, 4.69) is 10.3 Å². The van der Waals surface area contributed by atoms with Crippen LogP contribution in [0.5, 0.6) is 0 Å². The maximum absolute atomic E-state index is 12.6. The SMILES string of the molecule is CC(NCCSC(F)(F)F)c1ccc(F)cn1. The lowest BCUT2D eigenvalue weighted by Crippen LogP contribution is -2.23. The Balaban J connectivity index is 2.30. The maximum atomic E-state index is 12.6. The second-order valence-electron chi connectivity index (χ2n) is 3.37. The van der Waals surface area contributed by atoms with Gasteiger partial charge in [0.1, 0.15) is 5.82 Å². The number of rotatable bonds is 5. The van der Waals surface area contributed by atoms with Crippen LogP contribution in [0.15, 0.2) is 18.3 Å². The molecular weight excluding hydrogens is 256 g/mol. The van der Waals surface area contributed by atoms with E-state index in [4.69, 9.17) is 0 Å². The largest absolute Gasteiger partial charge is 0.441 e. The summed E-state index contributed by atoms with van der Waals surface area (Å²) in [6, 6.07) is 2.57. The van der Waals surface area contributed by atoms with Crippen LogP contribution < -0.4 is 5.32 Å². The molecule has 1 atom stereocenters. The van der Waals surface area contributed by atoms with Crippen LogP contribution >= 0.6 is 11.8 Å². The van der Waals surface area contributed by atoms with Crippen molar-refractivity contribution in [2.24, 2.45) is 0 Å². The molecule has 0 fully saturated rings. The molecule has 1 heterocycles. The molecule has 2 nitrogen and oxygen atoms in total. The van der Waals surface area contributed by atoms with E-state index < -0.39 is 11.3 Å². The van der Waals surface area contributed by atoms with Gasteiger partial charge in [-0.2, -0.15) is 13.2 Å². The van der Waals surface area contributed by atoms with Crippen LogP contribution in [0.2, 0.25) is 0 Å². The summed E-state index contributed by atoms with van der Waals surface area (Å²) in [7, 11) is 0. The zero-order valence-electron chi connectivity index (χ0n) is 9.09. The summed E-state index contributed by atoms with van der Waals surface area (Å²) < 4.78 is 48.1. The van der Waals surface area contributed by atoms with Gasteiger partial charge in [-0.05, 0) is 30.8 Å². The Hall–Kier alpha value is -0.820. The average molecular weight is 268 g/mol. The molecule has 1 N–H and O–H groups in total. The molecule has 0 aromatic carbocycles. The standard InChI is InChI=1S/C10H12F4N2S/c1-7(9-3-2-8(11)6-16-9)15-4-5-17-10(12,13)14/h2-3,6-7,15H,4-5H2,1H3. The Morgan fingerprint density at radius 3 is 2.65 bits per heavy atom. The number of halogens is 4. The van der Waals surface area contributed by atoms with E-state index in [0.29, 0.717) is 5.69 Å². The number of alkyl halides is 3. The van der Waals surface area contributed by atoms with Gasteiger partial charge in [-0.3, -0.25) is 4.98 Å². The minimum atomic E-state index is -4.20. The molecule has 0 radical (unpaired) electrons. The van der Waals surface area contributed by atoms with Crippen LogP contribution in [0.25, 0.3) is 0 Å². The first-order valence-corrected chi connectivity index (χ1v) is 5.92. The molecule has 17 heavy (non-hydrogen) atoms. The fraction of sp³-hybridized carbons (Fsp3) is 0.500. The molecule has 0 bridgehead atoms. The number of pyridine rings is 1. The Labute approximate surface area is 101 Å². The summed E-state index contributed by atoms with van der Waals surface area (Å²) in [5.74, 6) is -0.497. The summed E-state index contributed by atoms with van der Waals surface area (Å²) in [6.45, 7) is 1.98. The molecule has 0 amide bonds. The van der Waals surface area contributed by atoms with Crippen molar-refractivity contribution in [2.45, 2.75) is 18.5 Å². The fourth-order valence-electron chi connectivity index (χ4n) is 1.19. The van der Waals surface area contributed by atoms with Crippen molar-refractivity contribution in [1.82, 2.24) is 10.3 Å². The molecule has 1 aromatic heterocycles. The first kappa shape index (κ1) is 14.2. The van der Waals surface area contributed by atoms with E-state index in [1.165, 1.54) is 12.1 Å². The smallest absolute Gasteiger partial charge is 0.308 e. The number of thioether (sulfide) groups is 1. The van der Waals surface area contributed by atoms with Gasteiger partial charge in [0.15, 0.2) is 0 Å². The lowest BCUT2D eigenvalue weighted by molar-refractivity contribution is -0.0327. The van der Waals surface area contributed by atoms with Crippen molar-refractivity contribution in [3.05, 3.63) is 29.8 Å². The quantitative estimate of drug-likeness (QED) is 0.656. The van der Waals surface area contributed by atoms with Crippen LogP contribution in [-0.2, 0) is 0 Å². The van der Waals surface area contributed by atoms with Gasteiger partial charge < -0.3 is 5.32 Å². The highest BCUT2D eigenvalue weighted by atomic mass is 32.2. The molecule has 0 saturated heterocycles. The fourth-order valence-corrected chi connectivity index (χ4v) is 1.64. The van der Waals surface area contributed by atoms with Crippen molar-refractivity contribution in [3.63, 3.8) is 0 Å². The molecule has 0 saturated carbocycles. The van der Waals surface area contributed by atoms with Crippen LogP contribution in [0.1, 0.15) is 18.7 Å². The van der Waals surface area contributed by atoms with Gasteiger partial charge in [-0.1, -0.05) is 0 Å². The van der Waals surface area contributed by atoms with Gasteiger partial charge >= 0.3 is 5.51 Å². The lowest BCUT2D eigenvalue weighted by Gasteiger charge is -2.13. The minimum Gasteiger partial charge on any atom is -0.308 e. The molecule has 7 heteroatoms. The van der Waals surface area contributed by atoms with E-state index in [1.54, 1.807) is 6.92 Å². The van der Waals surface area contributed by atoms with E-state index in [9.17, 15) is 17.6 Å². The van der Waals surface area contributed by atoms with E-state index >= 15 is 0 Å². The zero-order chi connectivity index (χ0) is 12.9. The summed E-state index contributed by atoms with van der Waals surface area (Å²) in [4.78, 5) is 3.84. The second kappa shape index (κ2) is 6.20. The van der Waals surface area contributed by atoms with Crippen molar-refractivity contribution >= 4 is 11.8 Å². The molecule has 1 rings (SSSR count). The van der Waals surface area contributed by atoms with E-state index in [1.807, 2.05) is 0 Å². The van der Waals surface area contributed by atoms with Crippen molar-refractivity contribution in [2.75, 3.05) is 12.3 Å². The van der Waals surface area contributed by atoms with Crippen molar-refractivity contribution in [3.8, 4) is 0 Å². The third-order valence-corrected chi connectivity index (χ3v) is 2.75.